The van der Waals surface area contributed by atoms with Crippen molar-refractivity contribution in [1.82, 2.24) is 0 Å². The molecule has 19 heavy (non-hydrogen) atoms. The minimum absolute atomic E-state index is 0.0489. The molecule has 0 unspecified atom stereocenters. The lowest BCUT2D eigenvalue weighted by atomic mass is 10.2. The molecule has 0 bridgehead atoms. The second-order valence-electron chi connectivity index (χ2n) is 4.15. The van der Waals surface area contributed by atoms with Gasteiger partial charge in [-0.3, -0.25) is 25.7 Å². The highest BCUT2D eigenvalue weighted by Gasteiger charge is 2.19. The molecule has 1 N–H and O–H groups in total. The van der Waals surface area contributed by atoms with Crippen molar-refractivity contribution in [2.24, 2.45) is 5.10 Å². The molecular weight excluding hydrogens is 276 g/mol. The van der Waals surface area contributed by atoms with Crippen molar-refractivity contribution in [1.29, 1.82) is 0 Å². The van der Waals surface area contributed by atoms with Crippen LogP contribution in [0.3, 0.4) is 0 Å². The van der Waals surface area contributed by atoms with Crippen LogP contribution in [0, 0.1) is 20.2 Å². The molecule has 1 aromatic carbocycles. The monoisotopic (exact) mass is 286 g/mol. The number of nitrogens with one attached hydrogen (secondary N) is 1. The van der Waals surface area contributed by atoms with E-state index in [-0.39, 0.29) is 11.4 Å². The topological polar surface area (TPSA) is 111 Å². The molecule has 0 aromatic heterocycles. The zero-order valence-electron chi connectivity index (χ0n) is 10.2. The third-order valence-corrected chi connectivity index (χ3v) is 2.04. The van der Waals surface area contributed by atoms with Gasteiger partial charge in [0.2, 0.25) is 0 Å². The Bertz CT molecular complexity index is 539. The lowest BCUT2D eigenvalue weighted by molar-refractivity contribution is -0.393. The summed E-state index contributed by atoms with van der Waals surface area (Å²) in [6.45, 7) is 3.37. The molecule has 0 saturated heterocycles. The van der Waals surface area contributed by atoms with Crippen LogP contribution in [0.1, 0.15) is 13.8 Å². The van der Waals surface area contributed by atoms with Gasteiger partial charge in [0.15, 0.2) is 0 Å². The summed E-state index contributed by atoms with van der Waals surface area (Å²) in [6.07, 6.45) is 1.36. The van der Waals surface area contributed by atoms with Gasteiger partial charge in [-0.05, 0) is 19.9 Å². The van der Waals surface area contributed by atoms with Gasteiger partial charge in [0.25, 0.3) is 5.69 Å². The molecule has 8 nitrogen and oxygen atoms in total. The van der Waals surface area contributed by atoms with E-state index in [2.05, 4.69) is 10.5 Å². The van der Waals surface area contributed by atoms with Crippen molar-refractivity contribution in [2.45, 2.75) is 18.7 Å². The molecule has 0 aliphatic heterocycles. The molecule has 9 heteroatoms. The van der Waals surface area contributed by atoms with Crippen molar-refractivity contribution in [2.75, 3.05) is 5.43 Å². The SMILES string of the molecule is CC(C)(Cl)/C=N/Nc1ccc([N+](=O)[O-])cc1[N+](=O)[O-]. The number of hydrazone groups is 1. The van der Waals surface area contributed by atoms with E-state index in [1.54, 1.807) is 13.8 Å². The van der Waals surface area contributed by atoms with Gasteiger partial charge >= 0.3 is 5.69 Å². The highest BCUT2D eigenvalue weighted by Crippen LogP contribution is 2.28. The van der Waals surface area contributed by atoms with E-state index in [9.17, 15) is 20.2 Å². The summed E-state index contributed by atoms with van der Waals surface area (Å²) in [5, 5.41) is 25.1. The Morgan fingerprint density at radius 1 is 1.32 bits per heavy atom. The number of hydrogen-bond donors (Lipinski definition) is 1. The number of rotatable bonds is 5. The minimum atomic E-state index is -0.726. The van der Waals surface area contributed by atoms with E-state index in [1.165, 1.54) is 12.3 Å². The maximum absolute atomic E-state index is 10.8. The predicted molar refractivity (Wildman–Crippen MR) is 71.8 cm³/mol. The first-order valence-corrected chi connectivity index (χ1v) is 5.50. The van der Waals surface area contributed by atoms with Crippen LogP contribution in [0.25, 0.3) is 0 Å². The first-order valence-electron chi connectivity index (χ1n) is 5.13. The second kappa shape index (κ2) is 5.61. The molecule has 0 aliphatic rings. The van der Waals surface area contributed by atoms with E-state index < -0.39 is 20.4 Å². The first-order chi connectivity index (χ1) is 8.70. The van der Waals surface area contributed by atoms with E-state index >= 15 is 0 Å². The van der Waals surface area contributed by atoms with Crippen molar-refractivity contribution in [3.8, 4) is 0 Å². The molecule has 0 spiro atoms. The number of benzene rings is 1. The Balaban J connectivity index is 3.04. The molecule has 0 aliphatic carbocycles. The average Bonchev–Trinajstić information content (AvgIpc) is 2.27. The smallest absolute Gasteiger partial charge is 0.272 e. The van der Waals surface area contributed by atoms with Gasteiger partial charge in [-0.2, -0.15) is 5.10 Å². The molecule has 0 amide bonds. The fourth-order valence-electron chi connectivity index (χ4n) is 1.13. The summed E-state index contributed by atoms with van der Waals surface area (Å²) in [7, 11) is 0. The summed E-state index contributed by atoms with van der Waals surface area (Å²) in [6, 6.07) is 3.23. The number of hydrogen-bond acceptors (Lipinski definition) is 6. The molecule has 0 fully saturated rings. The fourth-order valence-corrected chi connectivity index (χ4v) is 1.18. The Labute approximate surface area is 113 Å². The Morgan fingerprint density at radius 2 is 1.95 bits per heavy atom. The average molecular weight is 287 g/mol. The molecule has 0 radical (unpaired) electrons. The van der Waals surface area contributed by atoms with Gasteiger partial charge in [-0.15, -0.1) is 11.6 Å². The maximum atomic E-state index is 10.8. The summed E-state index contributed by atoms with van der Waals surface area (Å²) >= 11 is 5.86. The minimum Gasteiger partial charge on any atom is -0.272 e. The van der Waals surface area contributed by atoms with Crippen molar-refractivity contribution < 1.29 is 9.85 Å². The second-order valence-corrected chi connectivity index (χ2v) is 5.12. The largest absolute Gasteiger partial charge is 0.301 e. The quantitative estimate of drug-likeness (QED) is 0.387. The van der Waals surface area contributed by atoms with E-state index in [0.717, 1.165) is 12.1 Å². The number of nitrogens with zero attached hydrogens (tertiary/aromatic N) is 3. The normalized spacial score (nSPS) is 11.5. The number of halogens is 1. The Kier molecular flexibility index (Phi) is 4.38. The van der Waals surface area contributed by atoms with Crippen molar-refractivity contribution in [3.63, 3.8) is 0 Å². The highest BCUT2D eigenvalue weighted by molar-refractivity contribution is 6.31. The molecule has 0 atom stereocenters. The molecule has 1 aromatic rings. The van der Waals surface area contributed by atoms with Crippen LogP contribution in [-0.4, -0.2) is 20.9 Å². The van der Waals surface area contributed by atoms with Gasteiger partial charge in [-0.25, -0.2) is 0 Å². The molecule has 0 heterocycles. The van der Waals surface area contributed by atoms with Crippen LogP contribution in [0.15, 0.2) is 23.3 Å². The standard InChI is InChI=1S/C10H11ClN4O4/c1-10(2,11)6-12-13-8-4-3-7(14(16)17)5-9(8)15(18)19/h3-6,13H,1-2H3/b12-6+. The van der Waals surface area contributed by atoms with Gasteiger partial charge in [-0.1, -0.05) is 0 Å². The van der Waals surface area contributed by atoms with E-state index in [1.807, 2.05) is 0 Å². The van der Waals surface area contributed by atoms with Crippen LogP contribution >= 0.6 is 11.6 Å². The number of non-ortho nitro benzene ring substituents is 1. The van der Waals surface area contributed by atoms with Crippen LogP contribution in [0.2, 0.25) is 0 Å². The van der Waals surface area contributed by atoms with E-state index in [4.69, 9.17) is 11.6 Å². The zero-order chi connectivity index (χ0) is 14.6. The number of alkyl halides is 1. The van der Waals surface area contributed by atoms with E-state index in [0.29, 0.717) is 0 Å². The summed E-state index contributed by atoms with van der Waals surface area (Å²) < 4.78 is 0. The van der Waals surface area contributed by atoms with Crippen LogP contribution in [0.5, 0.6) is 0 Å². The lowest BCUT2D eigenvalue weighted by Gasteiger charge is -2.07. The number of anilines is 1. The molecular formula is C10H11ClN4O4. The summed E-state index contributed by atoms with van der Waals surface area (Å²) in [5.74, 6) is 0. The third-order valence-electron chi connectivity index (χ3n) is 1.95. The fraction of sp³-hybridized carbons (Fsp3) is 0.300. The van der Waals surface area contributed by atoms with Crippen LogP contribution in [0.4, 0.5) is 17.1 Å². The number of nitro groups is 2. The van der Waals surface area contributed by atoms with Crippen molar-refractivity contribution >= 4 is 34.9 Å². The zero-order valence-corrected chi connectivity index (χ0v) is 10.9. The van der Waals surface area contributed by atoms with Crippen LogP contribution < -0.4 is 5.43 Å². The first kappa shape index (κ1) is 14.8. The Hall–Kier alpha value is -2.22. The van der Waals surface area contributed by atoms with Crippen LogP contribution in [-0.2, 0) is 0 Å². The maximum Gasteiger partial charge on any atom is 0.301 e. The van der Waals surface area contributed by atoms with Gasteiger partial charge < -0.3 is 0 Å². The van der Waals surface area contributed by atoms with Crippen molar-refractivity contribution in [3.05, 3.63) is 38.4 Å². The highest BCUT2D eigenvalue weighted by atomic mass is 35.5. The summed E-state index contributed by atoms with van der Waals surface area (Å²) in [4.78, 5) is 19.2. The van der Waals surface area contributed by atoms with Gasteiger partial charge in [0.05, 0.1) is 20.8 Å². The number of nitro benzene ring substituents is 2. The molecule has 1 rings (SSSR count). The lowest BCUT2D eigenvalue weighted by Crippen LogP contribution is -2.12. The predicted octanol–water partition coefficient (Wildman–Crippen LogP) is 2.92. The summed E-state index contributed by atoms with van der Waals surface area (Å²) in [5.41, 5.74) is 1.69. The third kappa shape index (κ3) is 4.51. The Morgan fingerprint density at radius 3 is 2.42 bits per heavy atom. The molecule has 0 saturated carbocycles. The van der Waals surface area contributed by atoms with Gasteiger partial charge in [0.1, 0.15) is 5.69 Å². The van der Waals surface area contributed by atoms with Gasteiger partial charge in [0, 0.05) is 12.3 Å². The molecule has 102 valence electrons.